The average molecular weight is 619 g/mol. The molecule has 0 bridgehead atoms. The average Bonchev–Trinajstić information content (AvgIpc) is 3.83. The molecule has 2 fully saturated rings. The third-order valence-corrected chi connectivity index (χ3v) is 9.49. The number of aryl methyl sites for hydroxylation is 1. The number of aromatic nitrogens is 2. The molecule has 2 aromatic rings. The third kappa shape index (κ3) is 6.35. The van der Waals surface area contributed by atoms with E-state index in [-0.39, 0.29) is 42.1 Å². The normalized spacial score (nSPS) is 21.8. The monoisotopic (exact) mass is 618 g/mol. The van der Waals surface area contributed by atoms with Crippen molar-refractivity contribution < 1.29 is 44.3 Å². The lowest BCUT2D eigenvalue weighted by Crippen LogP contribution is -2.60. The van der Waals surface area contributed by atoms with E-state index in [2.05, 4.69) is 5.10 Å². The van der Waals surface area contributed by atoms with Gasteiger partial charge >= 0.3 is 12.4 Å². The van der Waals surface area contributed by atoms with E-state index in [1.807, 2.05) is 10.0 Å². The Hall–Kier alpha value is -3.36. The summed E-state index contributed by atoms with van der Waals surface area (Å²) in [5.41, 5.74) is -4.00. The Kier molecular flexibility index (Phi) is 7.69. The summed E-state index contributed by atoms with van der Waals surface area (Å²) >= 11 is 0. The number of nitrogens with one attached hydrogen (secondary N) is 2. The lowest BCUT2D eigenvalue weighted by molar-refractivity contribution is -0.202. The van der Waals surface area contributed by atoms with Crippen molar-refractivity contribution in [3.63, 3.8) is 0 Å². The molecule has 0 saturated heterocycles. The first kappa shape index (κ1) is 30.1. The first-order valence-electron chi connectivity index (χ1n) is 13.5. The molecule has 0 unspecified atom stereocenters. The number of halogens is 6. The Morgan fingerprint density at radius 2 is 1.69 bits per heavy atom. The van der Waals surface area contributed by atoms with Crippen molar-refractivity contribution in [2.75, 3.05) is 0 Å². The van der Waals surface area contributed by atoms with Crippen LogP contribution in [-0.2, 0) is 31.6 Å². The van der Waals surface area contributed by atoms with Crippen molar-refractivity contribution in [3.05, 3.63) is 58.9 Å². The highest BCUT2D eigenvalue weighted by atomic mass is 32.2. The summed E-state index contributed by atoms with van der Waals surface area (Å²) < 4.78 is 110. The summed E-state index contributed by atoms with van der Waals surface area (Å²) in [4.78, 5) is 26.5. The van der Waals surface area contributed by atoms with Crippen LogP contribution in [0, 0.1) is 0 Å². The van der Waals surface area contributed by atoms with Gasteiger partial charge in [-0.15, -0.1) is 0 Å². The van der Waals surface area contributed by atoms with Gasteiger partial charge in [-0.05, 0) is 62.1 Å². The fourth-order valence-electron chi connectivity index (χ4n) is 5.05. The van der Waals surface area contributed by atoms with E-state index in [9.17, 15) is 44.3 Å². The minimum absolute atomic E-state index is 0.0420. The number of hydrogen-bond acceptors (Lipinski definition) is 5. The Morgan fingerprint density at radius 1 is 1.02 bits per heavy atom. The van der Waals surface area contributed by atoms with E-state index in [4.69, 9.17) is 0 Å². The molecule has 2 saturated carbocycles. The number of carbonyl (C=O) groups is 2. The van der Waals surface area contributed by atoms with Gasteiger partial charge in [-0.25, -0.2) is 13.1 Å². The quantitative estimate of drug-likeness (QED) is 0.225. The lowest BCUT2D eigenvalue weighted by Gasteiger charge is -2.41. The molecule has 8 nitrogen and oxygen atoms in total. The molecule has 2 aliphatic carbocycles. The van der Waals surface area contributed by atoms with Crippen molar-refractivity contribution in [1.29, 1.82) is 0 Å². The van der Waals surface area contributed by atoms with Gasteiger partial charge < -0.3 is 5.32 Å². The highest BCUT2D eigenvalue weighted by Gasteiger charge is 2.60. The van der Waals surface area contributed by atoms with Gasteiger partial charge in [0.05, 0.1) is 17.0 Å². The molecule has 0 radical (unpaired) electrons. The van der Waals surface area contributed by atoms with Gasteiger partial charge in [-0.1, -0.05) is 24.3 Å². The van der Waals surface area contributed by atoms with E-state index in [0.29, 0.717) is 18.4 Å². The second-order valence-electron chi connectivity index (χ2n) is 11.0. The number of unbranched alkanes of at least 4 members (excludes halogenated alkanes) is 1. The number of amides is 2. The van der Waals surface area contributed by atoms with Crippen LogP contribution in [0.4, 0.5) is 26.3 Å². The van der Waals surface area contributed by atoms with Gasteiger partial charge in [0.15, 0.2) is 5.54 Å². The number of hydrogen-bond donors (Lipinski definition) is 2. The summed E-state index contributed by atoms with van der Waals surface area (Å²) in [5, 5.41) is 5.45. The molecule has 5 rings (SSSR count). The molecule has 0 spiro atoms. The fraction of sp³-hybridized carbons (Fsp3) is 0.519. The number of alkyl halides is 6. The molecule has 2 amide bonds. The van der Waals surface area contributed by atoms with Crippen molar-refractivity contribution in [3.8, 4) is 0 Å². The maximum atomic E-state index is 14.9. The zero-order chi connectivity index (χ0) is 30.5. The SMILES string of the molecule is O=C1N[C@@](c2ccc(CCCCC(F)(F)F)cc2)(C(F)(F)F)CC(c2ccn(C3CC3)n2)=C1C(=O)NS(=O)(=O)C1CC1. The summed E-state index contributed by atoms with van der Waals surface area (Å²) in [6.45, 7) is 0. The first-order chi connectivity index (χ1) is 19.6. The molecule has 1 aromatic carbocycles. The zero-order valence-electron chi connectivity index (χ0n) is 22.2. The van der Waals surface area contributed by atoms with Crippen LogP contribution < -0.4 is 10.0 Å². The highest BCUT2D eigenvalue weighted by Crippen LogP contribution is 2.48. The van der Waals surface area contributed by atoms with Gasteiger partial charge in [-0.3, -0.25) is 14.3 Å². The maximum absolute atomic E-state index is 14.9. The molecular weight excluding hydrogens is 590 g/mol. The third-order valence-electron chi connectivity index (χ3n) is 7.67. The number of benzene rings is 1. The molecule has 2 heterocycles. The van der Waals surface area contributed by atoms with Crippen molar-refractivity contribution in [1.82, 2.24) is 19.8 Å². The summed E-state index contributed by atoms with van der Waals surface area (Å²) in [5.74, 6) is -2.74. The van der Waals surface area contributed by atoms with E-state index >= 15 is 0 Å². The van der Waals surface area contributed by atoms with Crippen LogP contribution in [0.3, 0.4) is 0 Å². The summed E-state index contributed by atoms with van der Waals surface area (Å²) in [6, 6.07) is 6.45. The molecule has 2 N–H and O–H groups in total. The smallest absolute Gasteiger partial charge is 0.334 e. The Balaban J connectivity index is 1.49. The predicted octanol–water partition coefficient (Wildman–Crippen LogP) is 4.83. The van der Waals surface area contributed by atoms with Crippen molar-refractivity contribution >= 4 is 27.4 Å². The van der Waals surface area contributed by atoms with E-state index in [0.717, 1.165) is 25.0 Å². The maximum Gasteiger partial charge on any atom is 0.416 e. The minimum Gasteiger partial charge on any atom is -0.334 e. The van der Waals surface area contributed by atoms with Crippen molar-refractivity contribution in [2.24, 2.45) is 0 Å². The minimum atomic E-state index is -5.07. The molecule has 228 valence electrons. The van der Waals surface area contributed by atoms with E-state index in [1.165, 1.54) is 29.1 Å². The number of carbonyl (C=O) groups excluding carboxylic acids is 2. The van der Waals surface area contributed by atoms with Gasteiger partial charge in [-0.2, -0.15) is 31.4 Å². The van der Waals surface area contributed by atoms with Crippen LogP contribution in [0.5, 0.6) is 0 Å². The summed E-state index contributed by atoms with van der Waals surface area (Å²) in [6.07, 6.45) is -7.20. The second-order valence-corrected chi connectivity index (χ2v) is 13.0. The molecular formula is C27H28F6N4O4S. The molecule has 3 aliphatic rings. The topological polar surface area (TPSA) is 110 Å². The highest BCUT2D eigenvalue weighted by molar-refractivity contribution is 7.91. The van der Waals surface area contributed by atoms with Gasteiger partial charge in [0, 0.05) is 24.6 Å². The number of sulfonamides is 1. The number of rotatable bonds is 10. The fourth-order valence-corrected chi connectivity index (χ4v) is 6.34. The second kappa shape index (κ2) is 10.7. The lowest BCUT2D eigenvalue weighted by atomic mass is 9.77. The Labute approximate surface area is 237 Å². The largest absolute Gasteiger partial charge is 0.416 e. The van der Waals surface area contributed by atoms with Crippen LogP contribution in [0.15, 0.2) is 42.1 Å². The van der Waals surface area contributed by atoms with E-state index < -0.39 is 63.4 Å². The molecule has 42 heavy (non-hydrogen) atoms. The van der Waals surface area contributed by atoms with Gasteiger partial charge in [0.25, 0.3) is 11.8 Å². The van der Waals surface area contributed by atoms with Gasteiger partial charge in [0.1, 0.15) is 5.57 Å². The Bertz CT molecular complexity index is 1510. The van der Waals surface area contributed by atoms with Crippen LogP contribution in [0.25, 0.3) is 5.57 Å². The van der Waals surface area contributed by atoms with Crippen LogP contribution in [-0.4, -0.2) is 47.6 Å². The zero-order valence-corrected chi connectivity index (χ0v) is 23.0. The molecule has 15 heteroatoms. The molecule has 1 aliphatic heterocycles. The van der Waals surface area contributed by atoms with E-state index in [1.54, 1.807) is 0 Å². The van der Waals surface area contributed by atoms with Crippen LogP contribution >= 0.6 is 0 Å². The molecule has 1 aromatic heterocycles. The van der Waals surface area contributed by atoms with Crippen LogP contribution in [0.1, 0.15) is 74.2 Å². The summed E-state index contributed by atoms with van der Waals surface area (Å²) in [7, 11) is -4.12. The predicted molar refractivity (Wildman–Crippen MR) is 138 cm³/mol. The van der Waals surface area contributed by atoms with Gasteiger partial charge in [0.2, 0.25) is 10.0 Å². The first-order valence-corrected chi connectivity index (χ1v) is 15.0. The molecule has 1 atom stereocenters. The Morgan fingerprint density at radius 3 is 2.26 bits per heavy atom. The van der Waals surface area contributed by atoms with Crippen LogP contribution in [0.2, 0.25) is 0 Å². The number of nitrogens with zero attached hydrogens (tertiary/aromatic N) is 2. The van der Waals surface area contributed by atoms with Crippen molar-refractivity contribution in [2.45, 2.75) is 87.0 Å². The standard InChI is InChI=1S/C27H28F6N4O4S/c28-26(29,30)13-2-1-3-16-4-6-17(7-5-16)25(27(31,32)33)15-20(21-12-14-37(35-21)18-8-9-18)22(23(38)34-25)24(39)36-42(40,41)19-10-11-19/h4-7,12,14,18-19H,1-3,8-11,13,15H2,(H,34,38)(H,36,39)/t25-/m0/s1.